The molecule has 0 aliphatic rings. The largest absolute Gasteiger partial charge is 0.493 e. The van der Waals surface area contributed by atoms with Crippen molar-refractivity contribution in [1.29, 1.82) is 0 Å². The summed E-state index contributed by atoms with van der Waals surface area (Å²) in [5.41, 5.74) is 3.89. The summed E-state index contributed by atoms with van der Waals surface area (Å²) in [5.74, 6) is 0.342. The second-order valence-electron chi connectivity index (χ2n) is 7.68. The number of aromatic nitrogens is 2. The number of hydrogen-bond donors (Lipinski definition) is 1. The Morgan fingerprint density at radius 2 is 1.67 bits per heavy atom. The fraction of sp³-hybridized carbons (Fsp3) is 0.107. The van der Waals surface area contributed by atoms with Gasteiger partial charge < -0.3 is 19.5 Å². The number of carbonyl (C=O) groups is 2. The number of amides is 1. The Labute approximate surface area is 208 Å². The Kier molecular flexibility index (Phi) is 7.45. The molecule has 182 valence electrons. The van der Waals surface area contributed by atoms with Crippen LogP contribution in [0.15, 0.2) is 85.1 Å². The molecule has 0 fully saturated rings. The highest BCUT2D eigenvalue weighted by Crippen LogP contribution is 2.33. The van der Waals surface area contributed by atoms with Crippen LogP contribution >= 0.6 is 0 Å². The van der Waals surface area contributed by atoms with E-state index in [4.69, 9.17) is 19.3 Å². The highest BCUT2D eigenvalue weighted by molar-refractivity contribution is 6.03. The number of anilines is 1. The van der Waals surface area contributed by atoms with Crippen LogP contribution in [0.1, 0.15) is 15.9 Å². The molecule has 0 aliphatic carbocycles. The zero-order valence-electron chi connectivity index (χ0n) is 20.1. The van der Waals surface area contributed by atoms with Crippen molar-refractivity contribution in [3.05, 3.63) is 96.2 Å². The topological polar surface area (TPSA) is 91.7 Å². The molecule has 1 amide bonds. The summed E-state index contributed by atoms with van der Waals surface area (Å²) in [6, 6.07) is 21.8. The summed E-state index contributed by atoms with van der Waals surface area (Å²) in [4.78, 5) is 24.4. The molecule has 0 atom stereocenters. The summed E-state index contributed by atoms with van der Waals surface area (Å²) >= 11 is 0. The number of carbonyl (C=O) groups excluding carboxylic acids is 2. The molecule has 8 nitrogen and oxygen atoms in total. The van der Waals surface area contributed by atoms with Crippen LogP contribution in [0, 0.1) is 0 Å². The summed E-state index contributed by atoms with van der Waals surface area (Å²) in [6.45, 7) is 0. The van der Waals surface area contributed by atoms with E-state index >= 15 is 0 Å². The van der Waals surface area contributed by atoms with E-state index in [1.54, 1.807) is 49.2 Å². The summed E-state index contributed by atoms with van der Waals surface area (Å²) in [7, 11) is 4.46. The predicted octanol–water partition coefficient (Wildman–Crippen LogP) is 5.00. The van der Waals surface area contributed by atoms with Gasteiger partial charge in [0.05, 0.1) is 32.6 Å². The number of nitrogens with zero attached hydrogens (tertiary/aromatic N) is 2. The van der Waals surface area contributed by atoms with Gasteiger partial charge in [0.2, 0.25) is 5.91 Å². The lowest BCUT2D eigenvalue weighted by Crippen LogP contribution is -2.09. The van der Waals surface area contributed by atoms with Crippen LogP contribution in [0.5, 0.6) is 11.5 Å². The smallest absolute Gasteiger partial charge is 0.337 e. The maximum Gasteiger partial charge on any atom is 0.337 e. The van der Waals surface area contributed by atoms with E-state index in [0.717, 1.165) is 16.8 Å². The Bertz CT molecular complexity index is 1410. The van der Waals surface area contributed by atoms with Crippen molar-refractivity contribution >= 4 is 23.6 Å². The maximum atomic E-state index is 12.7. The quantitative estimate of drug-likeness (QED) is 0.280. The molecule has 0 radical (unpaired) electrons. The second kappa shape index (κ2) is 11.1. The molecule has 4 aromatic rings. The van der Waals surface area contributed by atoms with Gasteiger partial charge in [0, 0.05) is 29.1 Å². The van der Waals surface area contributed by atoms with Gasteiger partial charge in [0.15, 0.2) is 11.5 Å². The van der Waals surface area contributed by atoms with E-state index in [2.05, 4.69) is 5.32 Å². The first-order valence-corrected chi connectivity index (χ1v) is 11.1. The summed E-state index contributed by atoms with van der Waals surface area (Å²) < 4.78 is 17.3. The molecule has 0 unspecified atom stereocenters. The highest BCUT2D eigenvalue weighted by atomic mass is 16.5. The Morgan fingerprint density at radius 3 is 2.39 bits per heavy atom. The highest BCUT2D eigenvalue weighted by Gasteiger charge is 2.14. The fourth-order valence-electron chi connectivity index (χ4n) is 3.62. The lowest BCUT2D eigenvalue weighted by Gasteiger charge is -2.09. The van der Waals surface area contributed by atoms with Crippen LogP contribution in [0.3, 0.4) is 0 Å². The molecule has 0 saturated heterocycles. The van der Waals surface area contributed by atoms with Gasteiger partial charge in [-0.3, -0.25) is 4.79 Å². The van der Waals surface area contributed by atoms with Gasteiger partial charge in [0.1, 0.15) is 5.69 Å². The van der Waals surface area contributed by atoms with Crippen LogP contribution in [0.4, 0.5) is 5.69 Å². The first kappa shape index (κ1) is 24.3. The molecule has 1 aromatic heterocycles. The minimum atomic E-state index is -0.477. The van der Waals surface area contributed by atoms with Crippen LogP contribution in [-0.2, 0) is 9.53 Å². The Morgan fingerprint density at radius 1 is 0.889 bits per heavy atom. The zero-order valence-corrected chi connectivity index (χ0v) is 20.1. The first-order chi connectivity index (χ1) is 17.5. The van der Waals surface area contributed by atoms with E-state index in [1.165, 1.54) is 13.2 Å². The number of rotatable bonds is 8. The van der Waals surface area contributed by atoms with Gasteiger partial charge >= 0.3 is 5.97 Å². The van der Waals surface area contributed by atoms with Crippen molar-refractivity contribution in [2.75, 3.05) is 26.6 Å². The van der Waals surface area contributed by atoms with Crippen molar-refractivity contribution in [3.63, 3.8) is 0 Å². The van der Waals surface area contributed by atoms with Gasteiger partial charge in [-0.25, -0.2) is 9.48 Å². The van der Waals surface area contributed by atoms with Crippen molar-refractivity contribution in [2.24, 2.45) is 0 Å². The standard InChI is InChI=1S/C28H25N3O5/c1-34-24-14-12-19(17-25(24)35-2)27-21(18-31(30-27)23-10-5-4-6-11-23)13-15-26(32)29-22-9-7-8-20(16-22)28(33)36-3/h4-18H,1-3H3,(H,29,32). The monoisotopic (exact) mass is 483 g/mol. The third-order valence-electron chi connectivity index (χ3n) is 5.39. The zero-order chi connectivity index (χ0) is 25.5. The van der Waals surface area contributed by atoms with E-state index < -0.39 is 5.97 Å². The lowest BCUT2D eigenvalue weighted by atomic mass is 10.1. The second-order valence-corrected chi connectivity index (χ2v) is 7.68. The number of methoxy groups -OCH3 is 3. The molecule has 36 heavy (non-hydrogen) atoms. The van der Waals surface area contributed by atoms with Crippen LogP contribution < -0.4 is 14.8 Å². The first-order valence-electron chi connectivity index (χ1n) is 11.1. The maximum absolute atomic E-state index is 12.7. The SMILES string of the molecule is COC(=O)c1cccc(NC(=O)C=Cc2cn(-c3ccccc3)nc2-c2ccc(OC)c(OC)c2)c1. The van der Waals surface area contributed by atoms with E-state index in [-0.39, 0.29) is 5.91 Å². The third kappa shape index (κ3) is 5.44. The molecule has 0 spiro atoms. The third-order valence-corrected chi connectivity index (χ3v) is 5.39. The van der Waals surface area contributed by atoms with Gasteiger partial charge in [0.25, 0.3) is 0 Å². The van der Waals surface area contributed by atoms with Crippen LogP contribution in [0.2, 0.25) is 0 Å². The minimum absolute atomic E-state index is 0.346. The summed E-state index contributed by atoms with van der Waals surface area (Å²) in [5, 5.41) is 7.54. The number of nitrogens with one attached hydrogen (secondary N) is 1. The molecule has 0 aliphatic heterocycles. The average Bonchev–Trinajstić information content (AvgIpc) is 3.36. The molecule has 3 aromatic carbocycles. The van der Waals surface area contributed by atoms with E-state index in [1.807, 2.05) is 54.7 Å². The number of esters is 1. The van der Waals surface area contributed by atoms with Gasteiger partial charge in [-0.15, -0.1) is 0 Å². The lowest BCUT2D eigenvalue weighted by molar-refractivity contribution is -0.111. The number of para-hydroxylation sites is 1. The molecular weight excluding hydrogens is 458 g/mol. The van der Waals surface area contributed by atoms with Crippen LogP contribution in [0.25, 0.3) is 23.0 Å². The molecule has 0 saturated carbocycles. The minimum Gasteiger partial charge on any atom is -0.493 e. The number of ether oxygens (including phenoxy) is 3. The molecule has 8 heteroatoms. The normalized spacial score (nSPS) is 10.8. The van der Waals surface area contributed by atoms with Crippen LogP contribution in [-0.4, -0.2) is 43.0 Å². The van der Waals surface area contributed by atoms with Gasteiger partial charge in [-0.05, 0) is 54.6 Å². The fourth-order valence-corrected chi connectivity index (χ4v) is 3.62. The van der Waals surface area contributed by atoms with Gasteiger partial charge in [-0.1, -0.05) is 24.3 Å². The van der Waals surface area contributed by atoms with Crippen molar-refractivity contribution in [1.82, 2.24) is 9.78 Å². The molecule has 0 bridgehead atoms. The van der Waals surface area contributed by atoms with Crippen molar-refractivity contribution in [3.8, 4) is 28.4 Å². The molecule has 1 heterocycles. The predicted molar refractivity (Wildman–Crippen MR) is 138 cm³/mol. The molecule has 4 rings (SSSR count). The van der Waals surface area contributed by atoms with E-state index in [0.29, 0.717) is 28.4 Å². The molecular formula is C28H25N3O5. The number of hydrogen-bond acceptors (Lipinski definition) is 6. The Balaban J connectivity index is 1.66. The van der Waals surface area contributed by atoms with Crippen molar-refractivity contribution < 1.29 is 23.8 Å². The van der Waals surface area contributed by atoms with Crippen molar-refractivity contribution in [2.45, 2.75) is 0 Å². The summed E-state index contributed by atoms with van der Waals surface area (Å²) in [6.07, 6.45) is 4.96. The average molecular weight is 484 g/mol. The van der Waals surface area contributed by atoms with E-state index in [9.17, 15) is 9.59 Å². The Hall–Kier alpha value is -4.85. The molecule has 1 N–H and O–H groups in total. The number of benzene rings is 3. The van der Waals surface area contributed by atoms with Gasteiger partial charge in [-0.2, -0.15) is 5.10 Å².